The van der Waals surface area contributed by atoms with E-state index in [1.807, 2.05) is 11.8 Å². The molecule has 2 heterocycles. The van der Waals surface area contributed by atoms with E-state index >= 15 is 0 Å². The molecule has 1 fully saturated rings. The van der Waals surface area contributed by atoms with Gasteiger partial charge in [-0.25, -0.2) is 13.8 Å². The van der Waals surface area contributed by atoms with Crippen LogP contribution in [0.3, 0.4) is 0 Å². The number of anilines is 1. The summed E-state index contributed by atoms with van der Waals surface area (Å²) in [5.74, 6) is -1.98. The monoisotopic (exact) mass is 353 g/mol. The molecular weight excluding hydrogens is 336 g/mol. The summed E-state index contributed by atoms with van der Waals surface area (Å²) >= 11 is 1.24. The second-order valence-electron chi connectivity index (χ2n) is 5.48. The molecule has 1 atom stereocenters. The van der Waals surface area contributed by atoms with Gasteiger partial charge >= 0.3 is 0 Å². The molecule has 1 N–H and O–H groups in total. The Morgan fingerprint density at radius 3 is 2.79 bits per heavy atom. The first kappa shape index (κ1) is 16.9. The third kappa shape index (κ3) is 3.77. The van der Waals surface area contributed by atoms with E-state index < -0.39 is 11.6 Å². The number of carbonyl (C=O) groups excluding carboxylic acids is 1. The van der Waals surface area contributed by atoms with Crippen LogP contribution in [-0.2, 0) is 9.53 Å². The van der Waals surface area contributed by atoms with Crippen molar-refractivity contribution in [3.8, 4) is 11.3 Å². The fourth-order valence-corrected chi connectivity index (χ4v) is 3.18. The highest BCUT2D eigenvalue weighted by Gasteiger charge is 2.23. The maximum absolute atomic E-state index is 13.3. The van der Waals surface area contributed by atoms with Crippen molar-refractivity contribution < 1.29 is 18.3 Å². The Morgan fingerprint density at radius 1 is 1.33 bits per heavy atom. The van der Waals surface area contributed by atoms with Crippen molar-refractivity contribution in [2.45, 2.75) is 13.0 Å². The van der Waals surface area contributed by atoms with E-state index in [2.05, 4.69) is 10.3 Å². The Kier molecular flexibility index (Phi) is 5.17. The van der Waals surface area contributed by atoms with Gasteiger partial charge in [0.1, 0.15) is 0 Å². The van der Waals surface area contributed by atoms with Crippen LogP contribution < -0.4 is 5.32 Å². The minimum absolute atomic E-state index is 0.150. The second kappa shape index (κ2) is 7.33. The maximum atomic E-state index is 13.3. The SMILES string of the molecule is CC(C(=O)Nc1nc(-c2ccc(F)c(F)c2)cs1)N1CCOCC1. The van der Waals surface area contributed by atoms with Crippen molar-refractivity contribution in [1.82, 2.24) is 9.88 Å². The normalized spacial score (nSPS) is 16.8. The molecule has 5 nitrogen and oxygen atoms in total. The van der Waals surface area contributed by atoms with Crippen LogP contribution in [0.15, 0.2) is 23.6 Å². The number of thiazole rings is 1. The van der Waals surface area contributed by atoms with Gasteiger partial charge in [0.25, 0.3) is 0 Å². The Hall–Kier alpha value is -1.90. The molecule has 1 aliphatic heterocycles. The van der Waals surface area contributed by atoms with Crippen LogP contribution in [0.4, 0.5) is 13.9 Å². The number of nitrogens with one attached hydrogen (secondary N) is 1. The molecule has 0 aliphatic carbocycles. The van der Waals surface area contributed by atoms with Crippen LogP contribution in [0.5, 0.6) is 0 Å². The van der Waals surface area contributed by atoms with E-state index in [1.165, 1.54) is 17.4 Å². The van der Waals surface area contributed by atoms with Crippen LogP contribution in [0.1, 0.15) is 6.92 Å². The molecule has 1 saturated heterocycles. The van der Waals surface area contributed by atoms with Crippen molar-refractivity contribution in [2.24, 2.45) is 0 Å². The van der Waals surface area contributed by atoms with E-state index in [9.17, 15) is 13.6 Å². The summed E-state index contributed by atoms with van der Waals surface area (Å²) in [5, 5.41) is 4.90. The standard InChI is InChI=1S/C16H17F2N3O2S/c1-10(21-4-6-23-7-5-21)15(22)20-16-19-14(9-24-16)11-2-3-12(17)13(18)8-11/h2-3,8-10H,4-7H2,1H3,(H,19,20,22). The topological polar surface area (TPSA) is 54.5 Å². The number of hydrogen-bond acceptors (Lipinski definition) is 5. The summed E-state index contributed by atoms with van der Waals surface area (Å²) in [4.78, 5) is 18.6. The third-order valence-corrected chi connectivity index (χ3v) is 4.68. The summed E-state index contributed by atoms with van der Waals surface area (Å²) in [6.07, 6.45) is 0. The Labute approximate surface area is 142 Å². The lowest BCUT2D eigenvalue weighted by atomic mass is 10.2. The van der Waals surface area contributed by atoms with Gasteiger partial charge in [0.2, 0.25) is 5.91 Å². The maximum Gasteiger partial charge on any atom is 0.243 e. The number of hydrogen-bond donors (Lipinski definition) is 1. The van der Waals surface area contributed by atoms with E-state index in [1.54, 1.807) is 5.38 Å². The molecule has 0 bridgehead atoms. The molecule has 24 heavy (non-hydrogen) atoms. The fourth-order valence-electron chi connectivity index (χ4n) is 2.46. The quantitative estimate of drug-likeness (QED) is 0.918. The molecule has 1 unspecified atom stereocenters. The van der Waals surface area contributed by atoms with Gasteiger partial charge in [-0.15, -0.1) is 11.3 Å². The molecule has 1 aromatic carbocycles. The average Bonchev–Trinajstić information content (AvgIpc) is 3.06. The Balaban J connectivity index is 1.66. The van der Waals surface area contributed by atoms with Crippen molar-refractivity contribution in [3.05, 3.63) is 35.2 Å². The molecule has 0 saturated carbocycles. The molecule has 128 valence electrons. The number of amides is 1. The number of carbonyl (C=O) groups is 1. The molecule has 1 amide bonds. The lowest BCUT2D eigenvalue weighted by Crippen LogP contribution is -2.47. The number of benzene rings is 1. The van der Waals surface area contributed by atoms with Gasteiger partial charge in [-0.05, 0) is 25.1 Å². The van der Waals surface area contributed by atoms with Gasteiger partial charge in [0.15, 0.2) is 16.8 Å². The zero-order chi connectivity index (χ0) is 17.1. The molecule has 3 rings (SSSR count). The van der Waals surface area contributed by atoms with Gasteiger partial charge in [0, 0.05) is 24.0 Å². The summed E-state index contributed by atoms with van der Waals surface area (Å²) in [7, 11) is 0. The first-order valence-electron chi connectivity index (χ1n) is 7.58. The van der Waals surface area contributed by atoms with Crippen molar-refractivity contribution in [3.63, 3.8) is 0 Å². The van der Waals surface area contributed by atoms with Gasteiger partial charge in [-0.2, -0.15) is 0 Å². The van der Waals surface area contributed by atoms with E-state index in [0.717, 1.165) is 12.1 Å². The van der Waals surface area contributed by atoms with Gasteiger partial charge < -0.3 is 10.1 Å². The van der Waals surface area contributed by atoms with E-state index in [-0.39, 0.29) is 11.9 Å². The summed E-state index contributed by atoms with van der Waals surface area (Å²) < 4.78 is 31.6. The van der Waals surface area contributed by atoms with Gasteiger partial charge in [0.05, 0.1) is 24.9 Å². The number of halogens is 2. The highest BCUT2D eigenvalue weighted by atomic mass is 32.1. The lowest BCUT2D eigenvalue weighted by Gasteiger charge is -2.31. The Bertz CT molecular complexity index is 732. The first-order valence-corrected chi connectivity index (χ1v) is 8.46. The van der Waals surface area contributed by atoms with Crippen LogP contribution in [0.25, 0.3) is 11.3 Å². The minimum Gasteiger partial charge on any atom is -0.379 e. The first-order chi connectivity index (χ1) is 11.5. The molecule has 0 radical (unpaired) electrons. The average molecular weight is 353 g/mol. The predicted molar refractivity (Wildman–Crippen MR) is 87.9 cm³/mol. The fraction of sp³-hybridized carbons (Fsp3) is 0.375. The van der Waals surface area contributed by atoms with Crippen LogP contribution in [0.2, 0.25) is 0 Å². The molecular formula is C16H17F2N3O2S. The second-order valence-corrected chi connectivity index (χ2v) is 6.34. The molecule has 0 spiro atoms. The van der Waals surface area contributed by atoms with Gasteiger partial charge in [-0.1, -0.05) is 0 Å². The van der Waals surface area contributed by atoms with Gasteiger partial charge in [-0.3, -0.25) is 9.69 Å². The third-order valence-electron chi connectivity index (χ3n) is 3.92. The molecule has 1 aliphatic rings. The van der Waals surface area contributed by atoms with E-state index in [0.29, 0.717) is 42.7 Å². The Morgan fingerprint density at radius 2 is 2.08 bits per heavy atom. The lowest BCUT2D eigenvalue weighted by molar-refractivity contribution is -0.122. The zero-order valence-corrected chi connectivity index (χ0v) is 13.9. The zero-order valence-electron chi connectivity index (χ0n) is 13.1. The largest absolute Gasteiger partial charge is 0.379 e. The number of morpholine rings is 1. The smallest absolute Gasteiger partial charge is 0.243 e. The number of ether oxygens (including phenoxy) is 1. The number of nitrogens with zero attached hydrogens (tertiary/aromatic N) is 2. The van der Waals surface area contributed by atoms with Crippen LogP contribution in [0, 0.1) is 11.6 Å². The highest BCUT2D eigenvalue weighted by molar-refractivity contribution is 7.14. The van der Waals surface area contributed by atoms with Crippen molar-refractivity contribution in [1.29, 1.82) is 0 Å². The molecule has 2 aromatic rings. The van der Waals surface area contributed by atoms with E-state index in [4.69, 9.17) is 4.74 Å². The highest BCUT2D eigenvalue weighted by Crippen LogP contribution is 2.26. The molecule has 8 heteroatoms. The molecule has 1 aromatic heterocycles. The number of aromatic nitrogens is 1. The van der Waals surface area contributed by atoms with Crippen molar-refractivity contribution >= 4 is 22.4 Å². The van der Waals surface area contributed by atoms with Crippen molar-refractivity contribution in [2.75, 3.05) is 31.6 Å². The predicted octanol–water partition coefficient (Wildman–Crippen LogP) is 2.75. The van der Waals surface area contributed by atoms with Crippen LogP contribution in [-0.4, -0.2) is 48.1 Å². The summed E-state index contributed by atoms with van der Waals surface area (Å²) in [6, 6.07) is 3.31. The summed E-state index contributed by atoms with van der Waals surface area (Å²) in [5.41, 5.74) is 0.958. The minimum atomic E-state index is -0.924. The summed E-state index contributed by atoms with van der Waals surface area (Å²) in [6.45, 7) is 4.51. The van der Waals surface area contributed by atoms with Crippen LogP contribution >= 0.6 is 11.3 Å². The number of rotatable bonds is 4.